The van der Waals surface area contributed by atoms with Crippen LogP contribution in [0.15, 0.2) is 42.9 Å². The molecule has 3 heterocycles. The molecule has 0 radical (unpaired) electrons. The number of anilines is 1. The first-order valence-electron chi connectivity index (χ1n) is 9.55. The number of nitrogens with one attached hydrogen (secondary N) is 1. The maximum absolute atomic E-state index is 5.44. The topological polar surface area (TPSA) is 74.1 Å². The first-order valence-corrected chi connectivity index (χ1v) is 9.55. The number of benzene rings is 1. The Morgan fingerprint density at radius 3 is 2.86 bits per heavy atom. The van der Waals surface area contributed by atoms with Crippen molar-refractivity contribution in [1.82, 2.24) is 19.5 Å². The molecule has 0 aliphatic carbocycles. The predicted molar refractivity (Wildman–Crippen MR) is 108 cm³/mol. The van der Waals surface area contributed by atoms with E-state index in [1.54, 1.807) is 13.3 Å². The minimum absolute atomic E-state index is 0.590. The molecule has 0 bridgehead atoms. The minimum Gasteiger partial charge on any atom is -0.497 e. The van der Waals surface area contributed by atoms with Gasteiger partial charge in [-0.3, -0.25) is 0 Å². The molecule has 1 fully saturated rings. The van der Waals surface area contributed by atoms with E-state index in [-0.39, 0.29) is 0 Å². The van der Waals surface area contributed by atoms with Crippen molar-refractivity contribution in [2.75, 3.05) is 32.2 Å². The number of nitrogens with zero attached hydrogens (tertiary/aromatic N) is 4. The van der Waals surface area contributed by atoms with Gasteiger partial charge < -0.3 is 19.4 Å². The zero-order valence-corrected chi connectivity index (χ0v) is 16.3. The molecule has 0 unspecified atom stereocenters. The molecule has 0 saturated carbocycles. The largest absolute Gasteiger partial charge is 0.497 e. The summed E-state index contributed by atoms with van der Waals surface area (Å²) in [5.74, 6) is 2.81. The summed E-state index contributed by atoms with van der Waals surface area (Å²) in [6.07, 6.45) is 7.70. The third-order valence-corrected chi connectivity index (χ3v) is 5.09. The number of methoxy groups -OCH3 is 1. The Labute approximate surface area is 164 Å². The van der Waals surface area contributed by atoms with Crippen LogP contribution >= 0.6 is 0 Å². The standard InChI is InChI=1S/C21H25N5O2/c1-26-9-8-22-20(26)19-18(16-4-3-5-17(12-16)27-2)14-24-21(25-19)23-13-15-6-10-28-11-7-15/h3-5,8-9,12,14-15H,6-7,10-11,13H2,1-2H3,(H,23,24,25). The molecule has 3 aromatic rings. The van der Waals surface area contributed by atoms with Gasteiger partial charge in [-0.1, -0.05) is 12.1 Å². The van der Waals surface area contributed by atoms with Gasteiger partial charge in [-0.25, -0.2) is 15.0 Å². The average molecular weight is 379 g/mol. The molecule has 2 aromatic heterocycles. The molecule has 7 heteroatoms. The Kier molecular flexibility index (Phi) is 5.53. The summed E-state index contributed by atoms with van der Waals surface area (Å²) in [4.78, 5) is 13.9. The van der Waals surface area contributed by atoms with Gasteiger partial charge in [-0.2, -0.15) is 0 Å². The second kappa shape index (κ2) is 8.39. The van der Waals surface area contributed by atoms with Crippen molar-refractivity contribution in [3.63, 3.8) is 0 Å². The Bertz CT molecular complexity index is 934. The van der Waals surface area contributed by atoms with Crippen LogP contribution in [0.3, 0.4) is 0 Å². The second-order valence-electron chi connectivity index (χ2n) is 6.99. The van der Waals surface area contributed by atoms with E-state index in [0.717, 1.165) is 61.0 Å². The van der Waals surface area contributed by atoms with Crippen molar-refractivity contribution in [3.05, 3.63) is 42.9 Å². The minimum atomic E-state index is 0.590. The van der Waals surface area contributed by atoms with Crippen LogP contribution in [0.2, 0.25) is 0 Å². The van der Waals surface area contributed by atoms with Crippen molar-refractivity contribution >= 4 is 5.95 Å². The van der Waals surface area contributed by atoms with Crippen LogP contribution in [-0.4, -0.2) is 46.4 Å². The number of rotatable bonds is 6. The highest BCUT2D eigenvalue weighted by atomic mass is 16.5. The molecule has 4 rings (SSSR count). The van der Waals surface area contributed by atoms with Crippen LogP contribution in [0.25, 0.3) is 22.6 Å². The zero-order chi connectivity index (χ0) is 19.3. The number of imidazole rings is 1. The summed E-state index contributed by atoms with van der Waals surface area (Å²) in [6, 6.07) is 7.91. The van der Waals surface area contributed by atoms with Gasteiger partial charge in [0.15, 0.2) is 5.82 Å². The van der Waals surface area contributed by atoms with Crippen molar-refractivity contribution < 1.29 is 9.47 Å². The van der Waals surface area contributed by atoms with E-state index in [1.165, 1.54) is 0 Å². The van der Waals surface area contributed by atoms with Crippen LogP contribution in [0.1, 0.15) is 12.8 Å². The molecule has 0 spiro atoms. The van der Waals surface area contributed by atoms with Crippen molar-refractivity contribution in [1.29, 1.82) is 0 Å². The number of hydrogen-bond donors (Lipinski definition) is 1. The zero-order valence-electron chi connectivity index (χ0n) is 16.3. The van der Waals surface area contributed by atoms with E-state index in [4.69, 9.17) is 14.5 Å². The molecule has 1 aliphatic heterocycles. The predicted octanol–water partition coefficient (Wildman–Crippen LogP) is 3.39. The number of hydrogen-bond acceptors (Lipinski definition) is 6. The molecule has 7 nitrogen and oxygen atoms in total. The monoisotopic (exact) mass is 379 g/mol. The van der Waals surface area contributed by atoms with Gasteiger partial charge in [0.25, 0.3) is 0 Å². The van der Waals surface area contributed by atoms with Crippen LogP contribution in [0.5, 0.6) is 5.75 Å². The number of aromatic nitrogens is 4. The Morgan fingerprint density at radius 2 is 2.11 bits per heavy atom. The molecule has 1 N–H and O–H groups in total. The van der Waals surface area contributed by atoms with Crippen LogP contribution < -0.4 is 10.1 Å². The lowest BCUT2D eigenvalue weighted by Crippen LogP contribution is -2.23. The SMILES string of the molecule is COc1cccc(-c2cnc(NCC3CCOCC3)nc2-c2nccn2C)c1. The van der Waals surface area contributed by atoms with E-state index in [9.17, 15) is 0 Å². The maximum Gasteiger partial charge on any atom is 0.223 e. The fourth-order valence-electron chi connectivity index (χ4n) is 3.42. The van der Waals surface area contributed by atoms with Crippen molar-refractivity contribution in [3.8, 4) is 28.4 Å². The van der Waals surface area contributed by atoms with Gasteiger partial charge in [-0.15, -0.1) is 0 Å². The first-order chi connectivity index (χ1) is 13.7. The van der Waals surface area contributed by atoms with Gasteiger partial charge in [0, 0.05) is 51.0 Å². The average Bonchev–Trinajstić information content (AvgIpc) is 3.18. The van der Waals surface area contributed by atoms with Crippen LogP contribution in [-0.2, 0) is 11.8 Å². The van der Waals surface area contributed by atoms with Crippen LogP contribution in [0, 0.1) is 5.92 Å². The highest BCUT2D eigenvalue weighted by Gasteiger charge is 2.17. The normalized spacial score (nSPS) is 14.8. The first kappa shape index (κ1) is 18.4. The molecule has 146 valence electrons. The van der Waals surface area contributed by atoms with E-state index in [1.807, 2.05) is 48.3 Å². The van der Waals surface area contributed by atoms with Crippen molar-refractivity contribution in [2.45, 2.75) is 12.8 Å². The maximum atomic E-state index is 5.44. The van der Waals surface area contributed by atoms with E-state index < -0.39 is 0 Å². The molecular formula is C21H25N5O2. The third-order valence-electron chi connectivity index (χ3n) is 5.09. The van der Waals surface area contributed by atoms with Gasteiger partial charge in [-0.05, 0) is 36.5 Å². The molecule has 1 saturated heterocycles. The summed E-state index contributed by atoms with van der Waals surface area (Å²) < 4.78 is 12.8. The molecule has 0 atom stereocenters. The summed E-state index contributed by atoms with van der Waals surface area (Å²) in [5.41, 5.74) is 2.71. The van der Waals surface area contributed by atoms with Gasteiger partial charge in [0.1, 0.15) is 11.4 Å². The quantitative estimate of drug-likeness (QED) is 0.708. The molecule has 1 aliphatic rings. The Balaban J connectivity index is 1.67. The fourth-order valence-corrected chi connectivity index (χ4v) is 3.42. The van der Waals surface area contributed by atoms with Crippen molar-refractivity contribution in [2.24, 2.45) is 13.0 Å². The van der Waals surface area contributed by atoms with E-state index >= 15 is 0 Å². The van der Waals surface area contributed by atoms with E-state index in [2.05, 4.69) is 15.3 Å². The lowest BCUT2D eigenvalue weighted by molar-refractivity contribution is 0.0699. The highest BCUT2D eigenvalue weighted by Crippen LogP contribution is 2.31. The van der Waals surface area contributed by atoms with Gasteiger partial charge in [0.2, 0.25) is 5.95 Å². The van der Waals surface area contributed by atoms with E-state index in [0.29, 0.717) is 11.9 Å². The summed E-state index contributed by atoms with van der Waals surface area (Å²) >= 11 is 0. The second-order valence-corrected chi connectivity index (χ2v) is 6.99. The highest BCUT2D eigenvalue weighted by molar-refractivity contribution is 5.78. The Morgan fingerprint density at radius 1 is 1.25 bits per heavy atom. The smallest absolute Gasteiger partial charge is 0.223 e. The summed E-state index contributed by atoms with van der Waals surface area (Å²) in [7, 11) is 3.63. The number of ether oxygens (including phenoxy) is 2. The lowest BCUT2D eigenvalue weighted by atomic mass is 10.0. The molecule has 0 amide bonds. The molecular weight excluding hydrogens is 354 g/mol. The summed E-state index contributed by atoms with van der Waals surface area (Å²) in [6.45, 7) is 2.52. The van der Waals surface area contributed by atoms with Gasteiger partial charge in [0.05, 0.1) is 7.11 Å². The molecule has 1 aromatic carbocycles. The third kappa shape index (κ3) is 3.99. The fraction of sp³-hybridized carbons (Fsp3) is 0.381. The van der Waals surface area contributed by atoms with Gasteiger partial charge >= 0.3 is 0 Å². The molecule has 28 heavy (non-hydrogen) atoms. The lowest BCUT2D eigenvalue weighted by Gasteiger charge is -2.22. The van der Waals surface area contributed by atoms with Crippen LogP contribution in [0.4, 0.5) is 5.95 Å². The summed E-state index contributed by atoms with van der Waals surface area (Å²) in [5, 5.41) is 3.40. The number of aryl methyl sites for hydroxylation is 1. The Hall–Kier alpha value is -2.93.